The molecule has 2 aromatic rings. The summed E-state index contributed by atoms with van der Waals surface area (Å²) in [6.07, 6.45) is 2.15. The largest absolute Gasteiger partial charge is 0.393 e. The normalized spacial score (nSPS) is 26.4. The molecule has 2 heterocycles. The fraction of sp³-hybridized carbons (Fsp3) is 0.692. The van der Waals surface area contributed by atoms with Gasteiger partial charge in [-0.15, -0.1) is 5.10 Å². The molecule has 1 aliphatic rings. The Labute approximate surface area is 117 Å². The number of aliphatic hydroxyl groups is 1. The smallest absolute Gasteiger partial charge is 0.183 e. The maximum absolute atomic E-state index is 9.79. The average Bonchev–Trinajstić information content (AvgIpc) is 2.78. The predicted octanol–water partition coefficient (Wildman–Crippen LogP) is 0.847. The van der Waals surface area contributed by atoms with Gasteiger partial charge in [-0.2, -0.15) is 0 Å². The Kier molecular flexibility index (Phi) is 2.89. The van der Waals surface area contributed by atoms with E-state index in [1.165, 1.54) is 6.33 Å². The highest BCUT2D eigenvalue weighted by molar-refractivity contribution is 5.80. The number of nitrogens with two attached hydrogens (primary N) is 1. The Morgan fingerprint density at radius 1 is 1.50 bits per heavy atom. The zero-order valence-electron chi connectivity index (χ0n) is 12.0. The summed E-state index contributed by atoms with van der Waals surface area (Å²) >= 11 is 0. The number of rotatable bonds is 3. The number of nitrogens with zero attached hydrogens (tertiary/aromatic N) is 5. The summed E-state index contributed by atoms with van der Waals surface area (Å²) in [7, 11) is 0. The Hall–Kier alpha value is -1.76. The van der Waals surface area contributed by atoms with Crippen LogP contribution in [0.25, 0.3) is 11.2 Å². The fourth-order valence-electron chi connectivity index (χ4n) is 3.32. The van der Waals surface area contributed by atoms with E-state index in [-0.39, 0.29) is 11.5 Å². The number of anilines is 1. The fourth-order valence-corrected chi connectivity index (χ4v) is 3.32. The number of hydrogen-bond acceptors (Lipinski definition) is 6. The Morgan fingerprint density at radius 3 is 2.90 bits per heavy atom. The van der Waals surface area contributed by atoms with Crippen LogP contribution in [0.2, 0.25) is 0 Å². The third kappa shape index (κ3) is 1.84. The highest BCUT2D eigenvalue weighted by atomic mass is 16.3. The summed E-state index contributed by atoms with van der Waals surface area (Å²) < 4.78 is 1.79. The van der Waals surface area contributed by atoms with Crippen molar-refractivity contribution in [1.29, 1.82) is 0 Å². The first-order chi connectivity index (χ1) is 9.41. The second-order valence-corrected chi connectivity index (χ2v) is 6.30. The molecule has 0 radical (unpaired) electrons. The number of hydrogen-bond donors (Lipinski definition) is 2. The lowest BCUT2D eigenvalue weighted by Crippen LogP contribution is -2.51. The molecule has 1 saturated carbocycles. The van der Waals surface area contributed by atoms with Gasteiger partial charge < -0.3 is 10.8 Å². The van der Waals surface area contributed by atoms with Gasteiger partial charge in [-0.25, -0.2) is 14.6 Å². The van der Waals surface area contributed by atoms with Crippen LogP contribution in [-0.4, -0.2) is 36.2 Å². The number of fused-ring (bicyclic) bond motifs is 1. The number of aliphatic hydroxyl groups excluding tert-OH is 1. The average molecular weight is 276 g/mol. The molecule has 2 unspecified atom stereocenters. The molecule has 1 aliphatic carbocycles. The van der Waals surface area contributed by atoms with Gasteiger partial charge in [0.05, 0.1) is 6.10 Å². The van der Waals surface area contributed by atoms with Gasteiger partial charge in [-0.3, -0.25) is 0 Å². The highest BCUT2D eigenvalue weighted by Gasteiger charge is 2.50. The van der Waals surface area contributed by atoms with Gasteiger partial charge in [0.1, 0.15) is 6.33 Å². The third-order valence-corrected chi connectivity index (χ3v) is 4.85. The highest BCUT2D eigenvalue weighted by Crippen LogP contribution is 2.53. The lowest BCUT2D eigenvalue weighted by atomic mass is 9.53. The molecule has 0 aromatic carbocycles. The van der Waals surface area contributed by atoms with Crippen molar-refractivity contribution < 1.29 is 5.11 Å². The summed E-state index contributed by atoms with van der Waals surface area (Å²) in [5.74, 6) is 1.14. The van der Waals surface area contributed by atoms with E-state index in [1.807, 2.05) is 6.92 Å². The summed E-state index contributed by atoms with van der Waals surface area (Å²) in [6, 6.07) is 0. The van der Waals surface area contributed by atoms with E-state index in [2.05, 4.69) is 34.1 Å². The monoisotopic (exact) mass is 276 g/mol. The molecule has 7 nitrogen and oxygen atoms in total. The second-order valence-electron chi connectivity index (χ2n) is 6.30. The quantitative estimate of drug-likeness (QED) is 0.861. The van der Waals surface area contributed by atoms with E-state index in [0.717, 1.165) is 13.0 Å². The zero-order valence-corrected chi connectivity index (χ0v) is 12.0. The van der Waals surface area contributed by atoms with Crippen molar-refractivity contribution in [3.05, 3.63) is 6.33 Å². The minimum atomic E-state index is -0.272. The SMILES string of the molecule is C[C@H](O)C1CC(Cn2nnc3c(N)ncnc32)C1(C)C. The van der Waals surface area contributed by atoms with Crippen LogP contribution in [0.15, 0.2) is 6.33 Å². The standard InChI is InChI=1S/C13H20N6O/c1-7(20)9-4-8(13(9,2)3)5-19-12-10(17-18-19)11(14)15-6-16-12/h6-9,20H,4-5H2,1-3H3,(H2,14,15,16)/t7-,8?,9?/m0/s1. The lowest BCUT2D eigenvalue weighted by Gasteiger charge is -2.53. The lowest BCUT2D eigenvalue weighted by molar-refractivity contribution is -0.0946. The summed E-state index contributed by atoms with van der Waals surface area (Å²) in [6.45, 7) is 6.99. The van der Waals surface area contributed by atoms with E-state index in [9.17, 15) is 5.11 Å². The van der Waals surface area contributed by atoms with E-state index in [0.29, 0.717) is 28.8 Å². The van der Waals surface area contributed by atoms with Crippen molar-refractivity contribution in [3.63, 3.8) is 0 Å². The number of nitrogen functional groups attached to an aromatic ring is 1. The van der Waals surface area contributed by atoms with Gasteiger partial charge in [0, 0.05) is 6.54 Å². The summed E-state index contributed by atoms with van der Waals surface area (Å²) in [4.78, 5) is 8.13. The molecular formula is C13H20N6O. The van der Waals surface area contributed by atoms with Crippen molar-refractivity contribution >= 4 is 17.0 Å². The maximum atomic E-state index is 9.79. The van der Waals surface area contributed by atoms with Crippen LogP contribution in [0.5, 0.6) is 0 Å². The zero-order chi connectivity index (χ0) is 14.5. The number of aromatic nitrogens is 5. The van der Waals surface area contributed by atoms with Gasteiger partial charge in [0.2, 0.25) is 0 Å². The van der Waals surface area contributed by atoms with Crippen LogP contribution in [0, 0.1) is 17.3 Å². The first-order valence-corrected chi connectivity index (χ1v) is 6.89. The van der Waals surface area contributed by atoms with E-state index >= 15 is 0 Å². The van der Waals surface area contributed by atoms with Crippen LogP contribution >= 0.6 is 0 Å². The molecule has 0 amide bonds. The summed E-state index contributed by atoms with van der Waals surface area (Å²) in [5.41, 5.74) is 7.08. The minimum absolute atomic E-state index is 0.0883. The van der Waals surface area contributed by atoms with Crippen molar-refractivity contribution in [3.8, 4) is 0 Å². The van der Waals surface area contributed by atoms with E-state index < -0.39 is 0 Å². The maximum Gasteiger partial charge on any atom is 0.183 e. The second kappa shape index (κ2) is 4.37. The molecule has 1 fully saturated rings. The first-order valence-electron chi connectivity index (χ1n) is 6.89. The minimum Gasteiger partial charge on any atom is -0.393 e. The molecule has 0 aliphatic heterocycles. The topological polar surface area (TPSA) is 103 Å². The van der Waals surface area contributed by atoms with Crippen molar-refractivity contribution in [2.75, 3.05) is 5.73 Å². The van der Waals surface area contributed by atoms with Crippen molar-refractivity contribution in [2.45, 2.75) is 39.8 Å². The first kappa shape index (κ1) is 13.2. The van der Waals surface area contributed by atoms with E-state index in [1.54, 1.807) is 4.68 Å². The predicted molar refractivity (Wildman–Crippen MR) is 74.6 cm³/mol. The van der Waals surface area contributed by atoms with Gasteiger partial charge >= 0.3 is 0 Å². The molecule has 2 aromatic heterocycles. The van der Waals surface area contributed by atoms with Gasteiger partial charge in [0.25, 0.3) is 0 Å². The molecule has 20 heavy (non-hydrogen) atoms. The summed E-state index contributed by atoms with van der Waals surface area (Å²) in [5, 5.41) is 18.0. The van der Waals surface area contributed by atoms with Crippen LogP contribution < -0.4 is 5.73 Å². The molecule has 3 N–H and O–H groups in total. The molecule has 3 atom stereocenters. The van der Waals surface area contributed by atoms with Crippen LogP contribution in [0.4, 0.5) is 5.82 Å². The van der Waals surface area contributed by atoms with Gasteiger partial charge in [-0.05, 0) is 30.6 Å². The molecule has 0 saturated heterocycles. The Morgan fingerprint density at radius 2 is 2.25 bits per heavy atom. The Bertz CT molecular complexity index is 635. The van der Waals surface area contributed by atoms with Crippen LogP contribution in [0.3, 0.4) is 0 Å². The van der Waals surface area contributed by atoms with E-state index in [4.69, 9.17) is 5.73 Å². The van der Waals surface area contributed by atoms with Gasteiger partial charge in [-0.1, -0.05) is 19.1 Å². The van der Waals surface area contributed by atoms with Crippen LogP contribution in [0.1, 0.15) is 27.2 Å². The molecule has 0 bridgehead atoms. The molecule has 0 spiro atoms. The van der Waals surface area contributed by atoms with Crippen molar-refractivity contribution in [2.24, 2.45) is 17.3 Å². The molecule has 3 rings (SSSR count). The van der Waals surface area contributed by atoms with Gasteiger partial charge in [0.15, 0.2) is 17.0 Å². The molecule has 108 valence electrons. The molecule has 7 heteroatoms. The molecular weight excluding hydrogens is 256 g/mol. The van der Waals surface area contributed by atoms with Crippen LogP contribution in [-0.2, 0) is 6.54 Å². The third-order valence-electron chi connectivity index (χ3n) is 4.85. The van der Waals surface area contributed by atoms with Crippen molar-refractivity contribution in [1.82, 2.24) is 25.0 Å². The Balaban J connectivity index is 1.83.